The highest BCUT2D eigenvalue weighted by Gasteiger charge is 2.02. The Morgan fingerprint density at radius 3 is 2.59 bits per heavy atom. The zero-order valence-electron chi connectivity index (χ0n) is 8.84. The molecule has 0 saturated heterocycles. The molecular formula is C12H10Br2FNS. The van der Waals surface area contributed by atoms with Crippen LogP contribution in [0.1, 0.15) is 10.4 Å². The SMILES string of the molecule is Fc1ccc(CNCc2ccc(Br)s2)c(Br)c1. The van der Waals surface area contributed by atoms with Crippen molar-refractivity contribution in [2.45, 2.75) is 13.1 Å². The summed E-state index contributed by atoms with van der Waals surface area (Å²) in [6.07, 6.45) is 0. The van der Waals surface area contributed by atoms with Gasteiger partial charge in [-0.25, -0.2) is 4.39 Å². The standard InChI is InChI=1S/C12H10Br2FNS/c13-11-5-9(15)2-1-8(11)6-16-7-10-3-4-12(14)17-10/h1-5,16H,6-7H2. The number of nitrogens with one attached hydrogen (secondary N) is 1. The zero-order valence-corrected chi connectivity index (χ0v) is 12.8. The summed E-state index contributed by atoms with van der Waals surface area (Å²) < 4.78 is 14.8. The molecule has 1 nitrogen and oxygen atoms in total. The fourth-order valence-electron chi connectivity index (χ4n) is 1.43. The number of benzene rings is 1. The number of hydrogen-bond acceptors (Lipinski definition) is 2. The van der Waals surface area contributed by atoms with Crippen molar-refractivity contribution in [1.29, 1.82) is 0 Å². The van der Waals surface area contributed by atoms with Gasteiger partial charge in [0.05, 0.1) is 3.79 Å². The highest BCUT2D eigenvalue weighted by molar-refractivity contribution is 9.11. The summed E-state index contributed by atoms with van der Waals surface area (Å²) in [5.41, 5.74) is 1.06. The second-order valence-corrected chi connectivity index (χ2v) is 6.95. The molecule has 1 N–H and O–H groups in total. The summed E-state index contributed by atoms with van der Waals surface area (Å²) in [5.74, 6) is -0.220. The third-order valence-electron chi connectivity index (χ3n) is 2.26. The molecule has 0 atom stereocenters. The number of hydrogen-bond donors (Lipinski definition) is 1. The first-order chi connectivity index (χ1) is 8.15. The number of halogens is 3. The van der Waals surface area contributed by atoms with Crippen LogP contribution in [0.2, 0.25) is 0 Å². The number of rotatable bonds is 4. The fourth-order valence-corrected chi connectivity index (χ4v) is 3.38. The zero-order chi connectivity index (χ0) is 12.3. The summed E-state index contributed by atoms with van der Waals surface area (Å²) in [7, 11) is 0. The molecule has 0 bridgehead atoms. The van der Waals surface area contributed by atoms with E-state index in [1.807, 2.05) is 6.07 Å². The Morgan fingerprint density at radius 1 is 1.12 bits per heavy atom. The summed E-state index contributed by atoms with van der Waals surface area (Å²) >= 11 is 8.49. The maximum Gasteiger partial charge on any atom is 0.124 e. The van der Waals surface area contributed by atoms with Crippen molar-refractivity contribution in [3.63, 3.8) is 0 Å². The summed E-state index contributed by atoms with van der Waals surface area (Å²) in [5, 5.41) is 3.33. The van der Waals surface area contributed by atoms with Gasteiger partial charge in [0.25, 0.3) is 0 Å². The van der Waals surface area contributed by atoms with Gasteiger partial charge in [0.2, 0.25) is 0 Å². The molecule has 5 heteroatoms. The maximum absolute atomic E-state index is 12.9. The lowest BCUT2D eigenvalue weighted by atomic mass is 10.2. The van der Waals surface area contributed by atoms with Crippen LogP contribution >= 0.6 is 43.2 Å². The molecule has 2 rings (SSSR count). The molecule has 90 valence electrons. The van der Waals surface area contributed by atoms with Gasteiger partial charge >= 0.3 is 0 Å². The molecule has 0 aliphatic heterocycles. The molecule has 0 amide bonds. The summed E-state index contributed by atoms with van der Waals surface area (Å²) in [6, 6.07) is 8.87. The summed E-state index contributed by atoms with van der Waals surface area (Å²) in [4.78, 5) is 1.27. The van der Waals surface area contributed by atoms with Gasteiger partial charge in [-0.2, -0.15) is 0 Å². The van der Waals surface area contributed by atoms with Gasteiger partial charge in [0, 0.05) is 22.4 Å². The third kappa shape index (κ3) is 3.88. The predicted molar refractivity (Wildman–Crippen MR) is 76.7 cm³/mol. The Bertz CT molecular complexity index is 513. The first-order valence-electron chi connectivity index (χ1n) is 5.04. The Hall–Kier alpha value is -0.230. The second-order valence-electron chi connectivity index (χ2n) is 3.55. The predicted octanol–water partition coefficient (Wildman–Crippen LogP) is 4.70. The van der Waals surface area contributed by atoms with E-state index in [1.54, 1.807) is 17.4 Å². The Balaban J connectivity index is 1.90. The lowest BCUT2D eigenvalue weighted by Crippen LogP contribution is -2.12. The topological polar surface area (TPSA) is 12.0 Å². The van der Waals surface area contributed by atoms with E-state index in [-0.39, 0.29) is 5.82 Å². The van der Waals surface area contributed by atoms with E-state index >= 15 is 0 Å². The van der Waals surface area contributed by atoms with Crippen LogP contribution in [0.3, 0.4) is 0 Å². The Labute approximate surface area is 120 Å². The first kappa shape index (κ1) is 13.2. The Kier molecular flexibility index (Phi) is 4.73. The monoisotopic (exact) mass is 377 g/mol. The summed E-state index contributed by atoms with van der Waals surface area (Å²) in [6.45, 7) is 1.54. The van der Waals surface area contributed by atoms with Crippen LogP contribution in [0.4, 0.5) is 4.39 Å². The van der Waals surface area contributed by atoms with E-state index in [1.165, 1.54) is 17.0 Å². The van der Waals surface area contributed by atoms with Crippen molar-refractivity contribution in [3.05, 3.63) is 54.8 Å². The van der Waals surface area contributed by atoms with E-state index < -0.39 is 0 Å². The van der Waals surface area contributed by atoms with E-state index in [4.69, 9.17) is 0 Å². The van der Waals surface area contributed by atoms with Gasteiger partial charge in [0.15, 0.2) is 0 Å². The van der Waals surface area contributed by atoms with Crippen molar-refractivity contribution < 1.29 is 4.39 Å². The van der Waals surface area contributed by atoms with Gasteiger partial charge in [-0.1, -0.05) is 22.0 Å². The normalized spacial score (nSPS) is 10.8. The van der Waals surface area contributed by atoms with E-state index in [9.17, 15) is 4.39 Å². The van der Waals surface area contributed by atoms with Crippen LogP contribution in [0.15, 0.2) is 38.6 Å². The molecular weight excluding hydrogens is 369 g/mol. The van der Waals surface area contributed by atoms with Crippen molar-refractivity contribution in [3.8, 4) is 0 Å². The van der Waals surface area contributed by atoms with Crippen LogP contribution in [0.5, 0.6) is 0 Å². The average molecular weight is 379 g/mol. The van der Waals surface area contributed by atoms with Crippen LogP contribution in [-0.2, 0) is 13.1 Å². The smallest absolute Gasteiger partial charge is 0.124 e. The van der Waals surface area contributed by atoms with Crippen molar-refractivity contribution in [2.24, 2.45) is 0 Å². The minimum Gasteiger partial charge on any atom is -0.308 e. The van der Waals surface area contributed by atoms with Gasteiger partial charge in [-0.05, 0) is 45.8 Å². The van der Waals surface area contributed by atoms with E-state index in [0.29, 0.717) is 0 Å². The molecule has 17 heavy (non-hydrogen) atoms. The molecule has 0 spiro atoms. The molecule has 1 heterocycles. The van der Waals surface area contributed by atoms with Gasteiger partial charge in [0.1, 0.15) is 5.82 Å². The molecule has 0 radical (unpaired) electrons. The lowest BCUT2D eigenvalue weighted by molar-refractivity contribution is 0.623. The minimum atomic E-state index is -0.220. The minimum absolute atomic E-state index is 0.220. The molecule has 2 aromatic rings. The quantitative estimate of drug-likeness (QED) is 0.812. The molecule has 0 unspecified atom stereocenters. The molecule has 1 aromatic carbocycles. The van der Waals surface area contributed by atoms with Crippen LogP contribution in [0.25, 0.3) is 0 Å². The van der Waals surface area contributed by atoms with Crippen LogP contribution in [0, 0.1) is 5.82 Å². The van der Waals surface area contributed by atoms with Crippen LogP contribution in [-0.4, -0.2) is 0 Å². The van der Waals surface area contributed by atoms with Gasteiger partial charge in [-0.15, -0.1) is 11.3 Å². The third-order valence-corrected chi connectivity index (χ3v) is 4.62. The largest absolute Gasteiger partial charge is 0.308 e. The number of thiophene rings is 1. The lowest BCUT2D eigenvalue weighted by Gasteiger charge is -2.05. The van der Waals surface area contributed by atoms with Gasteiger partial charge in [-0.3, -0.25) is 0 Å². The molecule has 0 fully saturated rings. The van der Waals surface area contributed by atoms with Gasteiger partial charge < -0.3 is 5.32 Å². The highest BCUT2D eigenvalue weighted by atomic mass is 79.9. The molecule has 0 aliphatic rings. The maximum atomic E-state index is 12.9. The molecule has 1 aromatic heterocycles. The van der Waals surface area contributed by atoms with E-state index in [2.05, 4.69) is 43.2 Å². The highest BCUT2D eigenvalue weighted by Crippen LogP contribution is 2.22. The molecule has 0 saturated carbocycles. The van der Waals surface area contributed by atoms with Crippen molar-refractivity contribution in [1.82, 2.24) is 5.32 Å². The van der Waals surface area contributed by atoms with E-state index in [0.717, 1.165) is 26.9 Å². The first-order valence-corrected chi connectivity index (χ1v) is 7.44. The fraction of sp³-hybridized carbons (Fsp3) is 0.167. The Morgan fingerprint density at radius 2 is 1.94 bits per heavy atom. The van der Waals surface area contributed by atoms with Crippen molar-refractivity contribution >= 4 is 43.2 Å². The average Bonchev–Trinajstić information content (AvgIpc) is 2.68. The van der Waals surface area contributed by atoms with Crippen LogP contribution < -0.4 is 5.32 Å². The van der Waals surface area contributed by atoms with Crippen molar-refractivity contribution in [2.75, 3.05) is 0 Å². The second kappa shape index (κ2) is 6.09. The molecule has 0 aliphatic carbocycles.